The van der Waals surface area contributed by atoms with Gasteiger partial charge in [0.2, 0.25) is 0 Å². The minimum absolute atomic E-state index is 0.453. The SMILES string of the molecule is Nc1cc(Br)ccc1S(=O)Cc1ccncc1. The first-order valence-electron chi connectivity index (χ1n) is 4.99. The van der Waals surface area contributed by atoms with E-state index in [0.717, 1.165) is 10.0 Å². The Bertz CT molecular complexity index is 545. The highest BCUT2D eigenvalue weighted by Crippen LogP contribution is 2.23. The summed E-state index contributed by atoms with van der Waals surface area (Å²) in [5.74, 6) is 0.453. The van der Waals surface area contributed by atoms with Gasteiger partial charge in [0.15, 0.2) is 0 Å². The quantitative estimate of drug-likeness (QED) is 0.887. The molecular weight excluding hydrogens is 300 g/mol. The van der Waals surface area contributed by atoms with Gasteiger partial charge in [0.05, 0.1) is 21.4 Å². The van der Waals surface area contributed by atoms with Crippen molar-refractivity contribution in [3.05, 3.63) is 52.8 Å². The van der Waals surface area contributed by atoms with Crippen LogP contribution in [-0.2, 0) is 16.6 Å². The lowest BCUT2D eigenvalue weighted by molar-refractivity contribution is 0.683. The van der Waals surface area contributed by atoms with Gasteiger partial charge in [-0.1, -0.05) is 15.9 Å². The molecule has 0 radical (unpaired) electrons. The number of aromatic nitrogens is 1. The number of pyridine rings is 1. The Morgan fingerprint density at radius 3 is 2.59 bits per heavy atom. The van der Waals surface area contributed by atoms with Crippen LogP contribution in [0.15, 0.2) is 52.1 Å². The van der Waals surface area contributed by atoms with E-state index in [1.807, 2.05) is 18.2 Å². The van der Waals surface area contributed by atoms with Gasteiger partial charge in [-0.2, -0.15) is 0 Å². The molecular formula is C12H11BrN2OS. The fraction of sp³-hybridized carbons (Fsp3) is 0.0833. The Morgan fingerprint density at radius 2 is 1.94 bits per heavy atom. The van der Waals surface area contributed by atoms with E-state index in [1.54, 1.807) is 24.5 Å². The summed E-state index contributed by atoms with van der Waals surface area (Å²) in [6, 6.07) is 9.10. The van der Waals surface area contributed by atoms with Crippen molar-refractivity contribution in [3.8, 4) is 0 Å². The fourth-order valence-corrected chi connectivity index (χ4v) is 3.01. The van der Waals surface area contributed by atoms with Crippen molar-refractivity contribution < 1.29 is 4.21 Å². The smallest absolute Gasteiger partial charge is 0.0621 e. The standard InChI is InChI=1S/C12H11BrN2OS/c13-10-1-2-12(11(14)7-10)17(16)8-9-3-5-15-6-4-9/h1-7H,8,14H2. The van der Waals surface area contributed by atoms with Crippen molar-refractivity contribution in [1.29, 1.82) is 0 Å². The van der Waals surface area contributed by atoms with Crippen LogP contribution in [0.2, 0.25) is 0 Å². The highest BCUT2D eigenvalue weighted by atomic mass is 79.9. The third kappa shape index (κ3) is 3.14. The second-order valence-electron chi connectivity index (χ2n) is 3.53. The number of nitrogen functional groups attached to an aromatic ring is 1. The van der Waals surface area contributed by atoms with E-state index in [9.17, 15) is 4.21 Å². The van der Waals surface area contributed by atoms with Crippen molar-refractivity contribution in [3.63, 3.8) is 0 Å². The summed E-state index contributed by atoms with van der Waals surface area (Å²) in [6.45, 7) is 0. The van der Waals surface area contributed by atoms with Crippen LogP contribution in [0, 0.1) is 0 Å². The summed E-state index contributed by atoms with van der Waals surface area (Å²) in [4.78, 5) is 4.60. The number of anilines is 1. The summed E-state index contributed by atoms with van der Waals surface area (Å²) < 4.78 is 13.0. The Labute approximate surface area is 111 Å². The molecule has 1 aromatic carbocycles. The largest absolute Gasteiger partial charge is 0.398 e. The van der Waals surface area contributed by atoms with E-state index >= 15 is 0 Å². The number of nitrogens with two attached hydrogens (primary N) is 1. The highest BCUT2D eigenvalue weighted by Gasteiger charge is 2.09. The summed E-state index contributed by atoms with van der Waals surface area (Å²) in [5.41, 5.74) is 7.38. The Morgan fingerprint density at radius 1 is 1.24 bits per heavy atom. The maximum Gasteiger partial charge on any atom is 0.0621 e. The van der Waals surface area contributed by atoms with Crippen LogP contribution in [0.3, 0.4) is 0 Å². The molecule has 0 bridgehead atoms. The molecule has 2 N–H and O–H groups in total. The lowest BCUT2D eigenvalue weighted by atomic mass is 10.3. The van der Waals surface area contributed by atoms with Crippen molar-refractivity contribution in [2.75, 3.05) is 5.73 Å². The molecule has 1 heterocycles. The molecule has 88 valence electrons. The second kappa shape index (κ2) is 5.42. The topological polar surface area (TPSA) is 56.0 Å². The van der Waals surface area contributed by atoms with Gasteiger partial charge in [0.25, 0.3) is 0 Å². The van der Waals surface area contributed by atoms with E-state index in [1.165, 1.54) is 0 Å². The van der Waals surface area contributed by atoms with Crippen LogP contribution in [0.5, 0.6) is 0 Å². The molecule has 0 aliphatic heterocycles. The van der Waals surface area contributed by atoms with Gasteiger partial charge in [-0.25, -0.2) is 0 Å². The maximum absolute atomic E-state index is 12.1. The molecule has 2 aromatic rings. The van der Waals surface area contributed by atoms with E-state index in [2.05, 4.69) is 20.9 Å². The molecule has 1 atom stereocenters. The average Bonchev–Trinajstić information content (AvgIpc) is 2.30. The molecule has 0 saturated carbocycles. The summed E-state index contributed by atoms with van der Waals surface area (Å²) in [6.07, 6.45) is 3.38. The van der Waals surface area contributed by atoms with Crippen LogP contribution in [-0.4, -0.2) is 9.19 Å². The Hall–Kier alpha value is -1.20. The number of halogens is 1. The van der Waals surface area contributed by atoms with Gasteiger partial charge >= 0.3 is 0 Å². The lowest BCUT2D eigenvalue weighted by Gasteiger charge is -2.06. The number of benzene rings is 1. The second-order valence-corrected chi connectivity index (χ2v) is 5.86. The van der Waals surface area contributed by atoms with Gasteiger partial charge in [0.1, 0.15) is 0 Å². The first-order chi connectivity index (χ1) is 8.16. The van der Waals surface area contributed by atoms with Crippen LogP contribution in [0.1, 0.15) is 5.56 Å². The monoisotopic (exact) mass is 310 g/mol. The predicted octanol–water partition coefficient (Wildman–Crippen LogP) is 2.73. The average molecular weight is 311 g/mol. The molecule has 0 aliphatic rings. The molecule has 17 heavy (non-hydrogen) atoms. The summed E-state index contributed by atoms with van der Waals surface area (Å²) >= 11 is 3.33. The number of nitrogens with zero attached hydrogens (tertiary/aromatic N) is 1. The first kappa shape index (κ1) is 12.3. The molecule has 0 amide bonds. The van der Waals surface area contributed by atoms with Crippen molar-refractivity contribution >= 4 is 32.4 Å². The molecule has 3 nitrogen and oxygen atoms in total. The molecule has 2 rings (SSSR count). The van der Waals surface area contributed by atoms with E-state index in [0.29, 0.717) is 16.3 Å². The van der Waals surface area contributed by atoms with Crippen LogP contribution < -0.4 is 5.73 Å². The van der Waals surface area contributed by atoms with Crippen LogP contribution in [0.25, 0.3) is 0 Å². The zero-order valence-electron chi connectivity index (χ0n) is 8.97. The number of hydrogen-bond donors (Lipinski definition) is 1. The molecule has 0 spiro atoms. The molecule has 0 saturated heterocycles. The lowest BCUT2D eigenvalue weighted by Crippen LogP contribution is -2.00. The van der Waals surface area contributed by atoms with Gasteiger partial charge in [0, 0.05) is 22.6 Å². The van der Waals surface area contributed by atoms with Gasteiger partial charge < -0.3 is 5.73 Å². The van der Waals surface area contributed by atoms with E-state index in [4.69, 9.17) is 5.73 Å². The van der Waals surface area contributed by atoms with Crippen LogP contribution >= 0.6 is 15.9 Å². The van der Waals surface area contributed by atoms with Gasteiger partial charge in [-0.05, 0) is 35.9 Å². The third-order valence-electron chi connectivity index (χ3n) is 2.26. The molecule has 0 fully saturated rings. The molecule has 1 aromatic heterocycles. The maximum atomic E-state index is 12.1. The minimum atomic E-state index is -1.13. The third-order valence-corrected chi connectivity index (χ3v) is 4.22. The fourth-order valence-electron chi connectivity index (χ4n) is 1.43. The number of rotatable bonds is 3. The zero-order valence-corrected chi connectivity index (χ0v) is 11.4. The van der Waals surface area contributed by atoms with Gasteiger partial charge in [-0.3, -0.25) is 9.19 Å². The van der Waals surface area contributed by atoms with Crippen LogP contribution in [0.4, 0.5) is 5.69 Å². The minimum Gasteiger partial charge on any atom is -0.398 e. The van der Waals surface area contributed by atoms with Crippen molar-refractivity contribution in [2.24, 2.45) is 0 Å². The Balaban J connectivity index is 2.21. The Kier molecular flexibility index (Phi) is 3.91. The molecule has 5 heteroatoms. The first-order valence-corrected chi connectivity index (χ1v) is 7.10. The normalized spacial score (nSPS) is 12.3. The van der Waals surface area contributed by atoms with Crippen molar-refractivity contribution in [1.82, 2.24) is 4.98 Å². The zero-order chi connectivity index (χ0) is 12.3. The predicted molar refractivity (Wildman–Crippen MR) is 72.9 cm³/mol. The van der Waals surface area contributed by atoms with Gasteiger partial charge in [-0.15, -0.1) is 0 Å². The number of hydrogen-bond acceptors (Lipinski definition) is 3. The summed E-state index contributed by atoms with van der Waals surface area (Å²) in [5, 5.41) is 0. The molecule has 0 aliphatic carbocycles. The van der Waals surface area contributed by atoms with E-state index in [-0.39, 0.29) is 0 Å². The van der Waals surface area contributed by atoms with Crippen molar-refractivity contribution in [2.45, 2.75) is 10.6 Å². The van der Waals surface area contributed by atoms with E-state index < -0.39 is 10.8 Å². The highest BCUT2D eigenvalue weighted by molar-refractivity contribution is 9.10. The molecule has 1 unspecified atom stereocenters. The summed E-state index contributed by atoms with van der Waals surface area (Å²) in [7, 11) is -1.13.